The summed E-state index contributed by atoms with van der Waals surface area (Å²) in [6.07, 6.45) is 3.91. The second kappa shape index (κ2) is 5.99. The van der Waals surface area contributed by atoms with E-state index in [1.165, 1.54) is 25.8 Å². The monoisotopic (exact) mass is 228 g/mol. The molecule has 1 aliphatic rings. The van der Waals surface area contributed by atoms with E-state index in [4.69, 9.17) is 0 Å². The van der Waals surface area contributed by atoms with Crippen molar-refractivity contribution in [2.75, 3.05) is 40.3 Å². The molecule has 0 radical (unpaired) electrons. The molecule has 0 bridgehead atoms. The lowest BCUT2D eigenvalue weighted by molar-refractivity contribution is 0.0236. The van der Waals surface area contributed by atoms with Crippen LogP contribution in [0.1, 0.15) is 33.1 Å². The van der Waals surface area contributed by atoms with Crippen molar-refractivity contribution in [3.8, 4) is 0 Å². The van der Waals surface area contributed by atoms with Gasteiger partial charge in [0.15, 0.2) is 0 Å². The molecule has 96 valence electrons. The van der Waals surface area contributed by atoms with Crippen LogP contribution in [0.15, 0.2) is 0 Å². The zero-order valence-electron chi connectivity index (χ0n) is 11.4. The first-order chi connectivity index (χ1) is 7.37. The van der Waals surface area contributed by atoms with Crippen LogP contribution in [0.5, 0.6) is 0 Å². The predicted octanol–water partition coefficient (Wildman–Crippen LogP) is 1.42. The zero-order valence-corrected chi connectivity index (χ0v) is 11.4. The molecule has 0 aromatic rings. The van der Waals surface area contributed by atoms with Crippen molar-refractivity contribution >= 4 is 0 Å². The topological polar surface area (TPSA) is 26.7 Å². The van der Waals surface area contributed by atoms with Crippen molar-refractivity contribution < 1.29 is 5.11 Å². The molecule has 16 heavy (non-hydrogen) atoms. The van der Waals surface area contributed by atoms with Gasteiger partial charge in [-0.05, 0) is 72.8 Å². The van der Waals surface area contributed by atoms with Crippen molar-refractivity contribution in [2.45, 2.75) is 38.7 Å². The van der Waals surface area contributed by atoms with Crippen molar-refractivity contribution in [3.63, 3.8) is 0 Å². The zero-order chi connectivity index (χ0) is 12.2. The maximum absolute atomic E-state index is 9.76. The number of nitrogens with zero attached hydrogens (tertiary/aromatic N) is 2. The number of hydrogen-bond donors (Lipinski definition) is 1. The number of β-amino-alcohol motifs (C(OH)–C–C–N with tert-alkyl or cyclic N) is 1. The van der Waals surface area contributed by atoms with Gasteiger partial charge in [-0.15, -0.1) is 0 Å². The third-order valence-electron chi connectivity index (χ3n) is 3.30. The number of likely N-dealkylation sites (tertiary alicyclic amines) is 1. The molecule has 1 rings (SSSR count). The van der Waals surface area contributed by atoms with E-state index in [9.17, 15) is 5.11 Å². The summed E-state index contributed by atoms with van der Waals surface area (Å²) in [5.41, 5.74) is -0.545. The molecule has 0 unspecified atom stereocenters. The molecule has 0 spiro atoms. The molecule has 0 atom stereocenters. The number of rotatable bonds is 5. The highest BCUT2D eigenvalue weighted by molar-refractivity contribution is 4.78. The Morgan fingerprint density at radius 3 is 2.25 bits per heavy atom. The van der Waals surface area contributed by atoms with E-state index in [0.29, 0.717) is 0 Å². The second-order valence-electron chi connectivity index (χ2n) is 6.12. The minimum atomic E-state index is -0.545. The van der Waals surface area contributed by atoms with Gasteiger partial charge in [0.1, 0.15) is 0 Å². The quantitative estimate of drug-likeness (QED) is 0.771. The van der Waals surface area contributed by atoms with E-state index in [-0.39, 0.29) is 0 Å². The fourth-order valence-corrected chi connectivity index (χ4v) is 2.42. The van der Waals surface area contributed by atoms with Crippen LogP contribution in [0.2, 0.25) is 0 Å². The third kappa shape index (κ3) is 5.83. The molecule has 3 heteroatoms. The Balaban J connectivity index is 2.18. The van der Waals surface area contributed by atoms with Gasteiger partial charge < -0.3 is 14.9 Å². The summed E-state index contributed by atoms with van der Waals surface area (Å²) in [4.78, 5) is 4.66. The molecule has 1 aliphatic heterocycles. The number of hydrogen-bond acceptors (Lipinski definition) is 3. The van der Waals surface area contributed by atoms with Gasteiger partial charge in [0.05, 0.1) is 5.60 Å². The Morgan fingerprint density at radius 2 is 1.81 bits per heavy atom. The van der Waals surface area contributed by atoms with Crippen molar-refractivity contribution in [1.29, 1.82) is 0 Å². The van der Waals surface area contributed by atoms with Gasteiger partial charge in [-0.3, -0.25) is 0 Å². The van der Waals surface area contributed by atoms with Crippen molar-refractivity contribution in [2.24, 2.45) is 5.92 Å². The summed E-state index contributed by atoms with van der Waals surface area (Å²) < 4.78 is 0. The Labute approximate surface area is 100 Å². The first-order valence-corrected chi connectivity index (χ1v) is 6.46. The van der Waals surface area contributed by atoms with Crippen LogP contribution in [0, 0.1) is 5.92 Å². The van der Waals surface area contributed by atoms with Gasteiger partial charge in [0.25, 0.3) is 0 Å². The number of piperidine rings is 1. The molecule has 0 amide bonds. The fourth-order valence-electron chi connectivity index (χ4n) is 2.42. The minimum absolute atomic E-state index is 0.545. The summed E-state index contributed by atoms with van der Waals surface area (Å²) in [5, 5.41) is 9.76. The van der Waals surface area contributed by atoms with Crippen LogP contribution in [-0.4, -0.2) is 60.8 Å². The summed E-state index contributed by atoms with van der Waals surface area (Å²) in [6, 6.07) is 0. The van der Waals surface area contributed by atoms with E-state index >= 15 is 0 Å². The fraction of sp³-hybridized carbons (Fsp3) is 1.00. The van der Waals surface area contributed by atoms with Crippen LogP contribution in [0.25, 0.3) is 0 Å². The van der Waals surface area contributed by atoms with E-state index in [0.717, 1.165) is 25.6 Å². The molecule has 1 fully saturated rings. The Morgan fingerprint density at radius 1 is 1.25 bits per heavy atom. The molecule has 3 nitrogen and oxygen atoms in total. The van der Waals surface area contributed by atoms with Gasteiger partial charge in [-0.2, -0.15) is 0 Å². The lowest BCUT2D eigenvalue weighted by atomic mass is 9.92. The van der Waals surface area contributed by atoms with Gasteiger partial charge >= 0.3 is 0 Å². The first-order valence-electron chi connectivity index (χ1n) is 6.46. The second-order valence-corrected chi connectivity index (χ2v) is 6.12. The molecular formula is C13H28N2O. The highest BCUT2D eigenvalue weighted by atomic mass is 16.3. The molecule has 1 N–H and O–H groups in total. The van der Waals surface area contributed by atoms with Crippen molar-refractivity contribution in [1.82, 2.24) is 9.80 Å². The molecular weight excluding hydrogens is 200 g/mol. The molecule has 0 aliphatic carbocycles. The summed E-state index contributed by atoms with van der Waals surface area (Å²) in [6.45, 7) is 8.12. The van der Waals surface area contributed by atoms with Crippen LogP contribution in [0.4, 0.5) is 0 Å². The molecule has 0 aromatic heterocycles. The lowest BCUT2D eigenvalue weighted by Crippen LogP contribution is -2.43. The Bertz CT molecular complexity index is 191. The Hall–Kier alpha value is -0.120. The van der Waals surface area contributed by atoms with Crippen LogP contribution >= 0.6 is 0 Å². The Kier molecular flexibility index (Phi) is 5.22. The van der Waals surface area contributed by atoms with E-state index < -0.39 is 5.60 Å². The minimum Gasteiger partial charge on any atom is -0.389 e. The van der Waals surface area contributed by atoms with Crippen LogP contribution < -0.4 is 0 Å². The highest BCUT2D eigenvalue weighted by Gasteiger charge is 2.23. The predicted molar refractivity (Wildman–Crippen MR) is 68.6 cm³/mol. The SMILES string of the molecule is CN(C)CCC1CCN(CC(C)(C)O)CC1. The molecule has 1 saturated heterocycles. The molecule has 0 saturated carbocycles. The largest absolute Gasteiger partial charge is 0.389 e. The average molecular weight is 228 g/mol. The first kappa shape index (κ1) is 13.9. The lowest BCUT2D eigenvalue weighted by Gasteiger charge is -2.35. The van der Waals surface area contributed by atoms with E-state index in [1.54, 1.807) is 0 Å². The number of aliphatic hydroxyl groups is 1. The van der Waals surface area contributed by atoms with E-state index in [2.05, 4.69) is 23.9 Å². The molecule has 1 heterocycles. The third-order valence-corrected chi connectivity index (χ3v) is 3.30. The van der Waals surface area contributed by atoms with Gasteiger partial charge in [-0.1, -0.05) is 0 Å². The molecule has 0 aromatic carbocycles. The van der Waals surface area contributed by atoms with Gasteiger partial charge in [0.2, 0.25) is 0 Å². The summed E-state index contributed by atoms with van der Waals surface area (Å²) in [5.74, 6) is 0.889. The standard InChI is InChI=1S/C13H28N2O/c1-13(2,16)11-15-9-6-12(7-10-15)5-8-14(3)4/h12,16H,5-11H2,1-4H3. The van der Waals surface area contributed by atoms with E-state index in [1.807, 2.05) is 13.8 Å². The highest BCUT2D eigenvalue weighted by Crippen LogP contribution is 2.21. The van der Waals surface area contributed by atoms with Crippen LogP contribution in [-0.2, 0) is 0 Å². The average Bonchev–Trinajstić information content (AvgIpc) is 2.14. The van der Waals surface area contributed by atoms with Gasteiger partial charge in [-0.25, -0.2) is 0 Å². The van der Waals surface area contributed by atoms with Crippen LogP contribution in [0.3, 0.4) is 0 Å². The maximum atomic E-state index is 9.76. The summed E-state index contributed by atoms with van der Waals surface area (Å²) >= 11 is 0. The summed E-state index contributed by atoms with van der Waals surface area (Å²) in [7, 11) is 4.28. The van der Waals surface area contributed by atoms with Gasteiger partial charge in [0, 0.05) is 6.54 Å². The van der Waals surface area contributed by atoms with Crippen molar-refractivity contribution in [3.05, 3.63) is 0 Å². The normalized spacial score (nSPS) is 20.6. The maximum Gasteiger partial charge on any atom is 0.0718 e. The smallest absolute Gasteiger partial charge is 0.0718 e.